The Bertz CT molecular complexity index is 827. The Morgan fingerprint density at radius 3 is 2.68 bits per heavy atom. The number of hydrogen-bond acceptors (Lipinski definition) is 5. The molecule has 1 saturated carbocycles. The van der Waals surface area contributed by atoms with E-state index in [0.717, 1.165) is 22.4 Å². The van der Waals surface area contributed by atoms with Crippen LogP contribution >= 0.6 is 11.3 Å². The Balaban J connectivity index is 2.19. The molecule has 2 aromatic rings. The molecule has 2 aromatic heterocycles. The van der Waals surface area contributed by atoms with Gasteiger partial charge in [0, 0.05) is 24.9 Å². The van der Waals surface area contributed by atoms with E-state index in [2.05, 4.69) is 4.98 Å². The van der Waals surface area contributed by atoms with E-state index in [-0.39, 0.29) is 23.0 Å². The summed E-state index contributed by atoms with van der Waals surface area (Å²) >= 11 is 1.56. The van der Waals surface area contributed by atoms with Gasteiger partial charge in [-0.25, -0.2) is 9.78 Å². The van der Waals surface area contributed by atoms with E-state index in [4.69, 9.17) is 5.73 Å². The van der Waals surface area contributed by atoms with Gasteiger partial charge in [0.05, 0.1) is 10.7 Å². The van der Waals surface area contributed by atoms with E-state index in [1.807, 2.05) is 19.2 Å². The summed E-state index contributed by atoms with van der Waals surface area (Å²) in [4.78, 5) is 29.3. The summed E-state index contributed by atoms with van der Waals surface area (Å²) in [5.41, 5.74) is 6.32. The average Bonchev–Trinajstić information content (AvgIpc) is 3.21. The van der Waals surface area contributed by atoms with E-state index >= 15 is 0 Å². The van der Waals surface area contributed by atoms with Gasteiger partial charge in [-0.3, -0.25) is 13.9 Å². The SMILES string of the molecule is CC(C)Cn1c(N)c(-c2csc(C3CC3)n2)c(=O)n(C)c1=O. The van der Waals surface area contributed by atoms with Gasteiger partial charge in [-0.05, 0) is 18.8 Å². The minimum Gasteiger partial charge on any atom is -0.384 e. The van der Waals surface area contributed by atoms with Crippen molar-refractivity contribution in [2.24, 2.45) is 13.0 Å². The number of nitrogen functional groups attached to an aromatic ring is 1. The van der Waals surface area contributed by atoms with Crippen LogP contribution < -0.4 is 17.0 Å². The van der Waals surface area contributed by atoms with Crippen molar-refractivity contribution in [2.45, 2.75) is 39.2 Å². The van der Waals surface area contributed by atoms with E-state index in [1.54, 1.807) is 11.3 Å². The summed E-state index contributed by atoms with van der Waals surface area (Å²) in [6.07, 6.45) is 2.32. The Morgan fingerprint density at radius 2 is 2.09 bits per heavy atom. The molecule has 118 valence electrons. The third kappa shape index (κ3) is 2.49. The summed E-state index contributed by atoms with van der Waals surface area (Å²) in [5, 5.41) is 2.92. The van der Waals surface area contributed by atoms with Gasteiger partial charge < -0.3 is 5.73 Å². The van der Waals surface area contributed by atoms with Crippen LogP contribution in [-0.4, -0.2) is 14.1 Å². The van der Waals surface area contributed by atoms with E-state index in [9.17, 15) is 9.59 Å². The van der Waals surface area contributed by atoms with Crippen molar-refractivity contribution in [2.75, 3.05) is 5.73 Å². The Labute approximate surface area is 132 Å². The van der Waals surface area contributed by atoms with Gasteiger partial charge in [-0.2, -0.15) is 0 Å². The molecule has 0 aliphatic heterocycles. The Morgan fingerprint density at radius 1 is 1.41 bits per heavy atom. The second-order valence-corrected chi connectivity index (χ2v) is 7.15. The molecule has 0 unspecified atom stereocenters. The summed E-state index contributed by atoms with van der Waals surface area (Å²) in [6.45, 7) is 4.49. The van der Waals surface area contributed by atoms with Crippen LogP contribution in [-0.2, 0) is 13.6 Å². The largest absolute Gasteiger partial charge is 0.384 e. The van der Waals surface area contributed by atoms with Crippen molar-refractivity contribution in [1.29, 1.82) is 0 Å². The van der Waals surface area contributed by atoms with E-state index < -0.39 is 0 Å². The van der Waals surface area contributed by atoms with Crippen LogP contribution in [0.25, 0.3) is 11.3 Å². The van der Waals surface area contributed by atoms with Crippen molar-refractivity contribution < 1.29 is 0 Å². The maximum Gasteiger partial charge on any atom is 0.332 e. The topological polar surface area (TPSA) is 82.9 Å². The molecular weight excluding hydrogens is 300 g/mol. The molecule has 1 aliphatic carbocycles. The second-order valence-electron chi connectivity index (χ2n) is 6.26. The van der Waals surface area contributed by atoms with Crippen molar-refractivity contribution in [3.8, 4) is 11.3 Å². The van der Waals surface area contributed by atoms with E-state index in [1.165, 1.54) is 11.6 Å². The highest BCUT2D eigenvalue weighted by molar-refractivity contribution is 7.10. The summed E-state index contributed by atoms with van der Waals surface area (Å²) in [7, 11) is 1.48. The zero-order chi connectivity index (χ0) is 16.0. The van der Waals surface area contributed by atoms with Crippen LogP contribution in [0.1, 0.15) is 37.6 Å². The zero-order valence-electron chi connectivity index (χ0n) is 13.0. The van der Waals surface area contributed by atoms with Gasteiger partial charge in [0.1, 0.15) is 11.4 Å². The molecule has 0 aromatic carbocycles. The molecule has 2 heterocycles. The predicted octanol–water partition coefficient (Wildman–Crippen LogP) is 1.79. The molecule has 6 nitrogen and oxygen atoms in total. The number of hydrogen-bond donors (Lipinski definition) is 1. The fourth-order valence-electron chi connectivity index (χ4n) is 2.49. The van der Waals surface area contributed by atoms with Crippen molar-refractivity contribution in [1.82, 2.24) is 14.1 Å². The molecule has 0 amide bonds. The minimum atomic E-state index is -0.379. The summed E-state index contributed by atoms with van der Waals surface area (Å²) < 4.78 is 2.59. The van der Waals surface area contributed by atoms with Gasteiger partial charge in [0.15, 0.2) is 0 Å². The molecule has 0 saturated heterocycles. The molecule has 3 rings (SSSR count). The van der Waals surface area contributed by atoms with Gasteiger partial charge in [-0.1, -0.05) is 13.8 Å². The Kier molecular flexibility index (Phi) is 3.68. The quantitative estimate of drug-likeness (QED) is 0.931. The van der Waals surface area contributed by atoms with Crippen LogP contribution in [0.3, 0.4) is 0 Å². The van der Waals surface area contributed by atoms with Crippen LogP contribution in [0.2, 0.25) is 0 Å². The lowest BCUT2D eigenvalue weighted by molar-refractivity contribution is 0.494. The lowest BCUT2D eigenvalue weighted by Crippen LogP contribution is -2.41. The van der Waals surface area contributed by atoms with Crippen molar-refractivity contribution in [3.63, 3.8) is 0 Å². The summed E-state index contributed by atoms with van der Waals surface area (Å²) in [5.74, 6) is 1.00. The first-order valence-corrected chi connectivity index (χ1v) is 8.33. The molecule has 1 fully saturated rings. The van der Waals surface area contributed by atoms with Gasteiger partial charge in [-0.15, -0.1) is 11.3 Å². The van der Waals surface area contributed by atoms with E-state index in [0.29, 0.717) is 23.7 Å². The third-order valence-corrected chi connectivity index (χ3v) is 4.84. The van der Waals surface area contributed by atoms with Crippen molar-refractivity contribution in [3.05, 3.63) is 31.2 Å². The molecule has 7 heteroatoms. The van der Waals surface area contributed by atoms with Gasteiger partial charge in [0.2, 0.25) is 0 Å². The van der Waals surface area contributed by atoms with Gasteiger partial charge >= 0.3 is 5.69 Å². The highest BCUT2D eigenvalue weighted by Crippen LogP contribution is 2.42. The molecule has 0 atom stereocenters. The smallest absolute Gasteiger partial charge is 0.332 e. The number of aromatic nitrogens is 3. The number of rotatable bonds is 4. The molecule has 0 bridgehead atoms. The van der Waals surface area contributed by atoms with Crippen LogP contribution in [0.5, 0.6) is 0 Å². The summed E-state index contributed by atoms with van der Waals surface area (Å²) in [6, 6.07) is 0. The third-order valence-electron chi connectivity index (χ3n) is 3.84. The lowest BCUT2D eigenvalue weighted by atomic mass is 10.2. The highest BCUT2D eigenvalue weighted by Gasteiger charge is 2.28. The molecule has 2 N–H and O–H groups in total. The maximum absolute atomic E-state index is 12.5. The molecule has 1 aliphatic rings. The lowest BCUT2D eigenvalue weighted by Gasteiger charge is -2.15. The average molecular weight is 320 g/mol. The normalized spacial score (nSPS) is 14.7. The maximum atomic E-state index is 12.5. The van der Waals surface area contributed by atoms with Crippen molar-refractivity contribution >= 4 is 17.2 Å². The number of thiazole rings is 1. The molecule has 0 radical (unpaired) electrons. The molecule has 0 spiro atoms. The zero-order valence-corrected chi connectivity index (χ0v) is 13.8. The monoisotopic (exact) mass is 320 g/mol. The Hall–Kier alpha value is -1.89. The number of anilines is 1. The minimum absolute atomic E-state index is 0.217. The fraction of sp³-hybridized carbons (Fsp3) is 0.533. The van der Waals surface area contributed by atoms with Crippen LogP contribution in [0.4, 0.5) is 5.82 Å². The molecule has 22 heavy (non-hydrogen) atoms. The molecular formula is C15H20N4O2S. The predicted molar refractivity (Wildman–Crippen MR) is 88.3 cm³/mol. The first-order valence-electron chi connectivity index (χ1n) is 7.45. The number of nitrogens with zero attached hydrogens (tertiary/aromatic N) is 3. The highest BCUT2D eigenvalue weighted by atomic mass is 32.1. The standard InChI is InChI=1S/C15H20N4O2S/c1-8(2)6-19-12(16)11(14(20)18(3)15(19)21)10-7-22-13(17-10)9-4-5-9/h7-9H,4-6,16H2,1-3H3. The second kappa shape index (κ2) is 5.39. The first kappa shape index (κ1) is 15.0. The van der Waals surface area contributed by atoms with Crippen LogP contribution in [0.15, 0.2) is 15.0 Å². The van der Waals surface area contributed by atoms with Gasteiger partial charge in [0.25, 0.3) is 5.56 Å². The fourth-order valence-corrected chi connectivity index (χ4v) is 3.47. The first-order chi connectivity index (χ1) is 10.4. The number of nitrogens with two attached hydrogens (primary N) is 1. The van der Waals surface area contributed by atoms with Crippen LogP contribution in [0, 0.1) is 5.92 Å².